The molecule has 0 bridgehead atoms. The summed E-state index contributed by atoms with van der Waals surface area (Å²) < 4.78 is 0. The second-order valence-corrected chi connectivity index (χ2v) is 4.84. The second kappa shape index (κ2) is 5.57. The fraction of sp³-hybridized carbons (Fsp3) is 0.818. The number of nitrogens with one attached hydrogen (secondary N) is 1. The number of H-pyrrole nitrogens is 1. The quantitative estimate of drug-likeness (QED) is 0.711. The van der Waals surface area contributed by atoms with E-state index in [4.69, 9.17) is 5.73 Å². The van der Waals surface area contributed by atoms with Gasteiger partial charge in [0.2, 0.25) is 0 Å². The highest BCUT2D eigenvalue weighted by Gasteiger charge is 2.23. The third-order valence-corrected chi connectivity index (χ3v) is 3.36. The van der Waals surface area contributed by atoms with E-state index in [0.717, 1.165) is 44.1 Å². The lowest BCUT2D eigenvalue weighted by atomic mass is 10.1. The van der Waals surface area contributed by atoms with Gasteiger partial charge in [0.25, 0.3) is 0 Å². The van der Waals surface area contributed by atoms with Gasteiger partial charge in [0.05, 0.1) is 0 Å². The molecule has 96 valence electrons. The van der Waals surface area contributed by atoms with E-state index in [1.54, 1.807) is 0 Å². The van der Waals surface area contributed by atoms with Crippen molar-refractivity contribution in [2.24, 2.45) is 5.73 Å². The number of hydrogen-bond acceptors (Lipinski definition) is 5. The SMILES string of the molecule is CN1CCN(C)C(Cc2nc(CCN)n[nH]2)C1. The van der Waals surface area contributed by atoms with Gasteiger partial charge < -0.3 is 15.5 Å². The fourth-order valence-corrected chi connectivity index (χ4v) is 2.21. The molecule has 0 amide bonds. The Morgan fingerprint density at radius 2 is 2.24 bits per heavy atom. The smallest absolute Gasteiger partial charge is 0.151 e. The first kappa shape index (κ1) is 12.5. The van der Waals surface area contributed by atoms with E-state index >= 15 is 0 Å². The van der Waals surface area contributed by atoms with Crippen LogP contribution in [0.3, 0.4) is 0 Å². The first-order valence-electron chi connectivity index (χ1n) is 6.18. The number of nitrogens with zero attached hydrogens (tertiary/aromatic N) is 4. The number of likely N-dealkylation sites (N-methyl/N-ethyl adjacent to an activating group) is 2. The molecule has 6 heteroatoms. The van der Waals surface area contributed by atoms with Crippen LogP contribution in [0.15, 0.2) is 0 Å². The largest absolute Gasteiger partial charge is 0.330 e. The molecule has 1 aromatic rings. The van der Waals surface area contributed by atoms with Crippen molar-refractivity contribution < 1.29 is 0 Å². The molecule has 3 N–H and O–H groups in total. The van der Waals surface area contributed by atoms with Gasteiger partial charge >= 0.3 is 0 Å². The third-order valence-electron chi connectivity index (χ3n) is 3.36. The second-order valence-electron chi connectivity index (χ2n) is 4.84. The Hall–Kier alpha value is -0.980. The van der Waals surface area contributed by atoms with Crippen molar-refractivity contribution in [3.05, 3.63) is 11.6 Å². The van der Waals surface area contributed by atoms with Gasteiger partial charge in [-0.15, -0.1) is 0 Å². The highest BCUT2D eigenvalue weighted by Crippen LogP contribution is 2.10. The third kappa shape index (κ3) is 3.24. The van der Waals surface area contributed by atoms with Crippen molar-refractivity contribution >= 4 is 0 Å². The van der Waals surface area contributed by atoms with E-state index in [-0.39, 0.29) is 0 Å². The van der Waals surface area contributed by atoms with Crippen molar-refractivity contribution in [1.82, 2.24) is 25.0 Å². The van der Waals surface area contributed by atoms with Gasteiger partial charge in [0.15, 0.2) is 5.82 Å². The van der Waals surface area contributed by atoms with Crippen molar-refractivity contribution in [3.8, 4) is 0 Å². The number of hydrogen-bond donors (Lipinski definition) is 2. The topological polar surface area (TPSA) is 74.1 Å². The molecule has 0 radical (unpaired) electrons. The van der Waals surface area contributed by atoms with E-state index in [1.165, 1.54) is 0 Å². The predicted molar refractivity (Wildman–Crippen MR) is 66.8 cm³/mol. The van der Waals surface area contributed by atoms with Crippen LogP contribution in [0.5, 0.6) is 0 Å². The lowest BCUT2D eigenvalue weighted by molar-refractivity contribution is 0.113. The fourth-order valence-electron chi connectivity index (χ4n) is 2.21. The van der Waals surface area contributed by atoms with Crippen LogP contribution in [0.4, 0.5) is 0 Å². The molecule has 2 rings (SSSR count). The molecule has 1 atom stereocenters. The van der Waals surface area contributed by atoms with Gasteiger partial charge in [-0.1, -0.05) is 0 Å². The molecule has 0 spiro atoms. The Kier molecular flexibility index (Phi) is 4.09. The van der Waals surface area contributed by atoms with Gasteiger partial charge in [-0.3, -0.25) is 5.10 Å². The van der Waals surface area contributed by atoms with E-state index in [1.807, 2.05) is 0 Å². The lowest BCUT2D eigenvalue weighted by Crippen LogP contribution is -2.50. The minimum Gasteiger partial charge on any atom is -0.330 e. The molecule has 1 aliphatic heterocycles. The van der Waals surface area contributed by atoms with E-state index < -0.39 is 0 Å². The first-order chi connectivity index (χ1) is 8.19. The number of aromatic amines is 1. The highest BCUT2D eigenvalue weighted by atomic mass is 15.3. The Morgan fingerprint density at radius 1 is 1.41 bits per heavy atom. The summed E-state index contributed by atoms with van der Waals surface area (Å²) in [6, 6.07) is 0.521. The molecule has 1 saturated heterocycles. The van der Waals surface area contributed by atoms with Crippen LogP contribution < -0.4 is 5.73 Å². The van der Waals surface area contributed by atoms with Crippen LogP contribution in [0, 0.1) is 0 Å². The molecule has 17 heavy (non-hydrogen) atoms. The molecule has 1 fully saturated rings. The van der Waals surface area contributed by atoms with Crippen LogP contribution in [0.1, 0.15) is 11.6 Å². The normalized spacial score (nSPS) is 23.1. The first-order valence-corrected chi connectivity index (χ1v) is 6.18. The molecule has 0 aromatic carbocycles. The average molecular weight is 238 g/mol. The summed E-state index contributed by atoms with van der Waals surface area (Å²) in [7, 11) is 4.34. The van der Waals surface area contributed by atoms with Crippen LogP contribution in [-0.2, 0) is 12.8 Å². The highest BCUT2D eigenvalue weighted by molar-refractivity contribution is 4.95. The van der Waals surface area contributed by atoms with Crippen LogP contribution in [-0.4, -0.2) is 71.3 Å². The average Bonchev–Trinajstić information content (AvgIpc) is 2.72. The standard InChI is InChI=1S/C11H22N6/c1-16-5-6-17(2)9(8-16)7-11-13-10(3-4-12)14-15-11/h9H,3-8,12H2,1-2H3,(H,13,14,15). The van der Waals surface area contributed by atoms with Gasteiger partial charge in [0, 0.05) is 38.5 Å². The number of piperazine rings is 1. The Morgan fingerprint density at radius 3 is 3.00 bits per heavy atom. The van der Waals surface area contributed by atoms with Crippen molar-refractivity contribution in [2.45, 2.75) is 18.9 Å². The molecular formula is C11H22N6. The zero-order valence-electron chi connectivity index (χ0n) is 10.7. The molecule has 0 saturated carbocycles. The molecule has 1 unspecified atom stereocenters. The number of nitrogens with two attached hydrogens (primary N) is 1. The van der Waals surface area contributed by atoms with Gasteiger partial charge in [0.1, 0.15) is 5.82 Å². The summed E-state index contributed by atoms with van der Waals surface area (Å²) in [4.78, 5) is 9.22. The monoisotopic (exact) mass is 238 g/mol. The maximum absolute atomic E-state index is 5.49. The van der Waals surface area contributed by atoms with Gasteiger partial charge in [-0.2, -0.15) is 5.10 Å². The minimum atomic E-state index is 0.521. The molecule has 1 aromatic heterocycles. The Labute approximate surface area is 102 Å². The summed E-state index contributed by atoms with van der Waals surface area (Å²) in [5.74, 6) is 1.80. The van der Waals surface area contributed by atoms with Crippen molar-refractivity contribution in [3.63, 3.8) is 0 Å². The van der Waals surface area contributed by atoms with Gasteiger partial charge in [-0.25, -0.2) is 4.98 Å². The number of rotatable bonds is 4. The Balaban J connectivity index is 1.94. The van der Waals surface area contributed by atoms with Crippen molar-refractivity contribution in [2.75, 3.05) is 40.3 Å². The van der Waals surface area contributed by atoms with E-state index in [2.05, 4.69) is 39.1 Å². The van der Waals surface area contributed by atoms with Gasteiger partial charge in [-0.05, 0) is 20.6 Å². The lowest BCUT2D eigenvalue weighted by Gasteiger charge is -2.37. The van der Waals surface area contributed by atoms with Crippen molar-refractivity contribution in [1.29, 1.82) is 0 Å². The summed E-state index contributed by atoms with van der Waals surface area (Å²) in [6.07, 6.45) is 1.68. The molecular weight excluding hydrogens is 216 g/mol. The summed E-state index contributed by atoms with van der Waals surface area (Å²) >= 11 is 0. The zero-order chi connectivity index (χ0) is 12.3. The van der Waals surface area contributed by atoms with Crippen LogP contribution in [0.2, 0.25) is 0 Å². The molecule has 1 aliphatic rings. The van der Waals surface area contributed by atoms with E-state index in [0.29, 0.717) is 12.6 Å². The van der Waals surface area contributed by atoms with Crippen LogP contribution >= 0.6 is 0 Å². The zero-order valence-corrected chi connectivity index (χ0v) is 10.7. The van der Waals surface area contributed by atoms with Crippen LogP contribution in [0.25, 0.3) is 0 Å². The molecule has 2 heterocycles. The maximum Gasteiger partial charge on any atom is 0.151 e. The molecule has 0 aliphatic carbocycles. The van der Waals surface area contributed by atoms with E-state index in [9.17, 15) is 0 Å². The maximum atomic E-state index is 5.49. The summed E-state index contributed by atoms with van der Waals surface area (Å²) in [6.45, 7) is 3.94. The number of aromatic nitrogens is 3. The Bertz CT molecular complexity index is 349. The predicted octanol–water partition coefficient (Wildman–Crippen LogP) is -0.906. The summed E-state index contributed by atoms with van der Waals surface area (Å²) in [5.41, 5.74) is 5.49. The molecule has 6 nitrogen and oxygen atoms in total. The minimum absolute atomic E-state index is 0.521. The summed E-state index contributed by atoms with van der Waals surface area (Å²) in [5, 5.41) is 7.18.